The van der Waals surface area contributed by atoms with E-state index < -0.39 is 0 Å². The summed E-state index contributed by atoms with van der Waals surface area (Å²) in [4.78, 5) is 0. The fourth-order valence-corrected chi connectivity index (χ4v) is 2.06. The first kappa shape index (κ1) is 10.5. The summed E-state index contributed by atoms with van der Waals surface area (Å²) in [5.74, 6) is 1.68. The van der Waals surface area contributed by atoms with Crippen molar-refractivity contribution >= 4 is 0 Å². The van der Waals surface area contributed by atoms with Gasteiger partial charge in [-0.2, -0.15) is 0 Å². The molecule has 1 aliphatic heterocycles. The minimum atomic E-state index is 0.307. The fourth-order valence-electron chi connectivity index (χ4n) is 2.06. The molecule has 1 saturated heterocycles. The van der Waals surface area contributed by atoms with Crippen molar-refractivity contribution in [1.29, 1.82) is 0 Å². The van der Waals surface area contributed by atoms with Gasteiger partial charge in [-0.1, -0.05) is 18.2 Å². The van der Waals surface area contributed by atoms with Crippen LogP contribution in [0.3, 0.4) is 0 Å². The SMILES string of the molecule is Cc1ccccc1OC(C)C1CCNC1. The normalized spacial score (nSPS) is 22.7. The molecule has 0 aromatic heterocycles. The van der Waals surface area contributed by atoms with Crippen LogP contribution in [0.2, 0.25) is 0 Å². The van der Waals surface area contributed by atoms with Crippen molar-refractivity contribution in [1.82, 2.24) is 5.32 Å². The minimum absolute atomic E-state index is 0.307. The van der Waals surface area contributed by atoms with Crippen molar-refractivity contribution in [3.63, 3.8) is 0 Å². The van der Waals surface area contributed by atoms with E-state index in [1.807, 2.05) is 18.2 Å². The Kier molecular flexibility index (Phi) is 3.27. The number of ether oxygens (including phenoxy) is 1. The molecule has 0 spiro atoms. The van der Waals surface area contributed by atoms with Gasteiger partial charge in [0.05, 0.1) is 6.10 Å². The molecular weight excluding hydrogens is 186 g/mol. The summed E-state index contributed by atoms with van der Waals surface area (Å²) in [6.45, 7) is 6.48. The van der Waals surface area contributed by atoms with E-state index in [0.29, 0.717) is 12.0 Å². The summed E-state index contributed by atoms with van der Waals surface area (Å²) in [5, 5.41) is 3.37. The summed E-state index contributed by atoms with van der Waals surface area (Å²) in [7, 11) is 0. The summed E-state index contributed by atoms with van der Waals surface area (Å²) < 4.78 is 5.99. The number of benzene rings is 1. The molecule has 1 heterocycles. The lowest BCUT2D eigenvalue weighted by Gasteiger charge is -2.21. The summed E-state index contributed by atoms with van der Waals surface area (Å²) in [5.41, 5.74) is 1.22. The molecule has 2 nitrogen and oxygen atoms in total. The molecule has 0 bridgehead atoms. The van der Waals surface area contributed by atoms with Gasteiger partial charge in [-0.05, 0) is 38.4 Å². The first-order chi connectivity index (χ1) is 7.27. The highest BCUT2D eigenvalue weighted by atomic mass is 16.5. The molecule has 1 fully saturated rings. The third kappa shape index (κ3) is 2.51. The second-order valence-electron chi connectivity index (χ2n) is 4.34. The standard InChI is InChI=1S/C13H19NO/c1-10-5-3-4-6-13(10)15-11(2)12-7-8-14-9-12/h3-6,11-12,14H,7-9H2,1-2H3. The predicted octanol–water partition coefficient (Wildman–Crippen LogP) is 2.37. The Morgan fingerprint density at radius 1 is 1.40 bits per heavy atom. The predicted molar refractivity (Wildman–Crippen MR) is 62.2 cm³/mol. The summed E-state index contributed by atoms with van der Waals surface area (Å²) >= 11 is 0. The third-order valence-electron chi connectivity index (χ3n) is 3.17. The Morgan fingerprint density at radius 2 is 2.20 bits per heavy atom. The minimum Gasteiger partial charge on any atom is -0.490 e. The van der Waals surface area contributed by atoms with Gasteiger partial charge in [0.25, 0.3) is 0 Å². The van der Waals surface area contributed by atoms with E-state index in [0.717, 1.165) is 18.8 Å². The third-order valence-corrected chi connectivity index (χ3v) is 3.17. The van der Waals surface area contributed by atoms with Gasteiger partial charge in [0.1, 0.15) is 5.75 Å². The number of hydrogen-bond donors (Lipinski definition) is 1. The van der Waals surface area contributed by atoms with Crippen LogP contribution >= 0.6 is 0 Å². The molecule has 82 valence electrons. The van der Waals surface area contributed by atoms with Crippen LogP contribution in [0.25, 0.3) is 0 Å². The van der Waals surface area contributed by atoms with Crippen molar-refractivity contribution < 1.29 is 4.74 Å². The van der Waals surface area contributed by atoms with E-state index in [2.05, 4.69) is 25.2 Å². The van der Waals surface area contributed by atoms with Crippen molar-refractivity contribution in [2.45, 2.75) is 26.4 Å². The average Bonchev–Trinajstić information content (AvgIpc) is 2.74. The Hall–Kier alpha value is -1.02. The molecule has 1 aliphatic rings. The van der Waals surface area contributed by atoms with Crippen LogP contribution in [-0.4, -0.2) is 19.2 Å². The van der Waals surface area contributed by atoms with Gasteiger partial charge in [-0.3, -0.25) is 0 Å². The van der Waals surface area contributed by atoms with Crippen LogP contribution in [0.4, 0.5) is 0 Å². The van der Waals surface area contributed by atoms with Crippen molar-refractivity contribution in [3.05, 3.63) is 29.8 Å². The zero-order valence-corrected chi connectivity index (χ0v) is 9.49. The maximum absolute atomic E-state index is 5.99. The van der Waals surface area contributed by atoms with Gasteiger partial charge in [0, 0.05) is 12.5 Å². The molecule has 2 unspecified atom stereocenters. The number of rotatable bonds is 3. The summed E-state index contributed by atoms with van der Waals surface area (Å²) in [6.07, 6.45) is 1.54. The highest BCUT2D eigenvalue weighted by Crippen LogP contribution is 2.22. The molecule has 2 atom stereocenters. The lowest BCUT2D eigenvalue weighted by atomic mass is 10.0. The molecule has 2 rings (SSSR count). The lowest BCUT2D eigenvalue weighted by Crippen LogP contribution is -2.25. The largest absolute Gasteiger partial charge is 0.490 e. The summed E-state index contributed by atoms with van der Waals surface area (Å²) in [6, 6.07) is 8.22. The van der Waals surface area contributed by atoms with Crippen LogP contribution in [0.1, 0.15) is 18.9 Å². The monoisotopic (exact) mass is 205 g/mol. The van der Waals surface area contributed by atoms with Crippen LogP contribution < -0.4 is 10.1 Å². The van der Waals surface area contributed by atoms with Crippen LogP contribution in [0.5, 0.6) is 5.75 Å². The average molecular weight is 205 g/mol. The van der Waals surface area contributed by atoms with Gasteiger partial charge < -0.3 is 10.1 Å². The molecule has 1 N–H and O–H groups in total. The van der Waals surface area contributed by atoms with Gasteiger partial charge >= 0.3 is 0 Å². The highest BCUT2D eigenvalue weighted by Gasteiger charge is 2.22. The Balaban J connectivity index is 1.99. The molecule has 0 saturated carbocycles. The molecule has 0 radical (unpaired) electrons. The topological polar surface area (TPSA) is 21.3 Å². The zero-order valence-electron chi connectivity index (χ0n) is 9.49. The van der Waals surface area contributed by atoms with Gasteiger partial charge in [-0.25, -0.2) is 0 Å². The van der Waals surface area contributed by atoms with Crippen molar-refractivity contribution in [2.75, 3.05) is 13.1 Å². The zero-order chi connectivity index (χ0) is 10.7. The second kappa shape index (κ2) is 4.67. The molecule has 0 aliphatic carbocycles. The quantitative estimate of drug-likeness (QED) is 0.818. The maximum Gasteiger partial charge on any atom is 0.122 e. The first-order valence-electron chi connectivity index (χ1n) is 5.70. The maximum atomic E-state index is 5.99. The molecule has 15 heavy (non-hydrogen) atoms. The lowest BCUT2D eigenvalue weighted by molar-refractivity contribution is 0.160. The molecule has 2 heteroatoms. The Bertz CT molecular complexity index is 318. The number of hydrogen-bond acceptors (Lipinski definition) is 2. The smallest absolute Gasteiger partial charge is 0.122 e. The van der Waals surface area contributed by atoms with Crippen molar-refractivity contribution in [2.24, 2.45) is 5.92 Å². The van der Waals surface area contributed by atoms with Crippen LogP contribution in [0, 0.1) is 12.8 Å². The van der Waals surface area contributed by atoms with Gasteiger partial charge in [-0.15, -0.1) is 0 Å². The van der Waals surface area contributed by atoms with Gasteiger partial charge in [0.15, 0.2) is 0 Å². The second-order valence-corrected chi connectivity index (χ2v) is 4.34. The molecule has 1 aromatic rings. The van der Waals surface area contributed by atoms with Crippen molar-refractivity contribution in [3.8, 4) is 5.75 Å². The van der Waals surface area contributed by atoms with E-state index >= 15 is 0 Å². The van der Waals surface area contributed by atoms with Gasteiger partial charge in [0.2, 0.25) is 0 Å². The molecule has 1 aromatic carbocycles. The Morgan fingerprint density at radius 3 is 2.87 bits per heavy atom. The van der Waals surface area contributed by atoms with Crippen LogP contribution in [0.15, 0.2) is 24.3 Å². The number of aryl methyl sites for hydroxylation is 1. The molecule has 0 amide bonds. The number of nitrogens with one attached hydrogen (secondary N) is 1. The first-order valence-corrected chi connectivity index (χ1v) is 5.70. The van der Waals surface area contributed by atoms with E-state index in [4.69, 9.17) is 4.74 Å². The number of para-hydroxylation sites is 1. The highest BCUT2D eigenvalue weighted by molar-refractivity contribution is 5.31. The fraction of sp³-hybridized carbons (Fsp3) is 0.538. The van der Waals surface area contributed by atoms with E-state index in [1.54, 1.807) is 0 Å². The Labute approximate surface area is 91.6 Å². The van der Waals surface area contributed by atoms with E-state index in [1.165, 1.54) is 12.0 Å². The molecular formula is C13H19NO. The van der Waals surface area contributed by atoms with Crippen LogP contribution in [-0.2, 0) is 0 Å². The van der Waals surface area contributed by atoms with E-state index in [9.17, 15) is 0 Å². The van der Waals surface area contributed by atoms with E-state index in [-0.39, 0.29) is 0 Å².